The van der Waals surface area contributed by atoms with E-state index in [9.17, 15) is 9.59 Å². The first-order valence-electron chi connectivity index (χ1n) is 8.90. The lowest BCUT2D eigenvalue weighted by molar-refractivity contribution is -0.128. The van der Waals surface area contributed by atoms with Gasteiger partial charge in [0.15, 0.2) is 17.3 Å². The Morgan fingerprint density at radius 2 is 1.84 bits per heavy atom. The summed E-state index contributed by atoms with van der Waals surface area (Å²) in [7, 11) is 0. The van der Waals surface area contributed by atoms with Gasteiger partial charge in [0.1, 0.15) is 5.82 Å². The van der Waals surface area contributed by atoms with Gasteiger partial charge in [-0.2, -0.15) is 0 Å². The molecule has 0 unspecified atom stereocenters. The van der Waals surface area contributed by atoms with Gasteiger partial charge in [-0.15, -0.1) is 12.4 Å². The largest absolute Gasteiger partial charge is 0.454 e. The van der Waals surface area contributed by atoms with E-state index < -0.39 is 11.8 Å². The van der Waals surface area contributed by atoms with Crippen LogP contribution in [0.4, 0.5) is 11.5 Å². The number of carbonyl (C=O) groups excluding carboxylic acids is 2. The fourth-order valence-corrected chi connectivity index (χ4v) is 2.97. The number of rotatable bonds is 6. The highest BCUT2D eigenvalue weighted by atomic mass is 35.5. The lowest BCUT2D eigenvalue weighted by Crippen LogP contribution is -2.21. The van der Waals surface area contributed by atoms with E-state index in [1.165, 1.54) is 0 Å². The molecule has 5 N–H and O–H groups in total. The van der Waals surface area contributed by atoms with Crippen molar-refractivity contribution in [1.82, 2.24) is 15.4 Å². The molecule has 11 heteroatoms. The molecule has 2 amide bonds. The second kappa shape index (κ2) is 9.28. The van der Waals surface area contributed by atoms with E-state index in [0.717, 1.165) is 0 Å². The number of primary amides is 1. The molecule has 0 bridgehead atoms. The van der Waals surface area contributed by atoms with Crippen LogP contribution in [0, 0.1) is 0 Å². The second-order valence-corrected chi connectivity index (χ2v) is 6.38. The van der Waals surface area contributed by atoms with E-state index in [-0.39, 0.29) is 31.2 Å². The lowest BCUT2D eigenvalue weighted by atomic mass is 10.1. The predicted molar refractivity (Wildman–Crippen MR) is 113 cm³/mol. The minimum Gasteiger partial charge on any atom is -0.454 e. The third-order valence-electron chi connectivity index (χ3n) is 4.33. The van der Waals surface area contributed by atoms with Crippen LogP contribution < -0.4 is 26.0 Å². The number of hydrogen-bond donors (Lipinski definition) is 4. The maximum absolute atomic E-state index is 11.7. The monoisotopic (exact) mass is 443 g/mol. The summed E-state index contributed by atoms with van der Waals surface area (Å²) in [6.45, 7) is 0.132. The third-order valence-corrected chi connectivity index (χ3v) is 4.33. The molecule has 2 aromatic carbocycles. The number of fused-ring (bicyclic) bond motifs is 1. The molecular weight excluding hydrogens is 426 g/mol. The summed E-state index contributed by atoms with van der Waals surface area (Å²) in [4.78, 5) is 32.3. The predicted octanol–water partition coefficient (Wildman–Crippen LogP) is 2.18. The van der Waals surface area contributed by atoms with E-state index in [4.69, 9.17) is 20.4 Å². The molecule has 160 valence electrons. The van der Waals surface area contributed by atoms with Gasteiger partial charge in [0.2, 0.25) is 12.7 Å². The summed E-state index contributed by atoms with van der Waals surface area (Å²) >= 11 is 0. The number of nitrogens with zero attached hydrogens (tertiary/aromatic N) is 2. The summed E-state index contributed by atoms with van der Waals surface area (Å²) in [6.07, 6.45) is -0.178. The van der Waals surface area contributed by atoms with Gasteiger partial charge in [-0.1, -0.05) is 12.1 Å². The zero-order valence-corrected chi connectivity index (χ0v) is 16.8. The minimum atomic E-state index is -0.631. The van der Waals surface area contributed by atoms with Crippen molar-refractivity contribution in [3.05, 3.63) is 59.8 Å². The van der Waals surface area contributed by atoms with E-state index in [0.29, 0.717) is 40.1 Å². The van der Waals surface area contributed by atoms with Gasteiger partial charge in [0.25, 0.3) is 5.91 Å². The highest BCUT2D eigenvalue weighted by Gasteiger charge is 2.17. The van der Waals surface area contributed by atoms with Crippen LogP contribution >= 0.6 is 12.4 Å². The Labute approximate surface area is 182 Å². The highest BCUT2D eigenvalue weighted by Crippen LogP contribution is 2.35. The van der Waals surface area contributed by atoms with E-state index in [1.807, 2.05) is 0 Å². The molecule has 31 heavy (non-hydrogen) atoms. The van der Waals surface area contributed by atoms with Gasteiger partial charge < -0.3 is 20.5 Å². The average Bonchev–Trinajstić information content (AvgIpc) is 3.21. The molecule has 1 aliphatic heterocycles. The maximum Gasteiger partial charge on any atom is 0.250 e. The number of ether oxygens (including phenoxy) is 2. The maximum atomic E-state index is 11.7. The Bertz CT molecular complexity index is 1140. The number of hydrogen-bond acceptors (Lipinski definition) is 8. The summed E-state index contributed by atoms with van der Waals surface area (Å²) < 4.78 is 10.7. The van der Waals surface area contributed by atoms with Crippen molar-refractivity contribution in [2.45, 2.75) is 6.42 Å². The molecule has 0 spiro atoms. The Hall–Kier alpha value is -3.89. The number of halogens is 1. The standard InChI is InChI=1S/C20H17N5O5.ClH/c21-19(27)13-3-1-2-4-14(13)23-17-8-12(9-18(26)25-28)22-20(24-17)11-5-6-15-16(7-11)30-10-29-15;/h1-8,28H,9-10H2,(H2,21,27)(H,25,26)(H,22,23,24);1H. The highest BCUT2D eigenvalue weighted by molar-refractivity contribution is 5.99. The number of carbonyl (C=O) groups is 2. The van der Waals surface area contributed by atoms with Crippen LogP contribution in [-0.4, -0.2) is 33.8 Å². The molecule has 0 atom stereocenters. The first kappa shape index (κ1) is 21.8. The molecule has 0 saturated carbocycles. The number of amides is 2. The number of benzene rings is 2. The van der Waals surface area contributed by atoms with Crippen LogP contribution in [0.25, 0.3) is 11.4 Å². The Balaban J connectivity index is 0.00000272. The molecule has 1 aromatic heterocycles. The molecule has 0 fully saturated rings. The van der Waals surface area contributed by atoms with E-state index in [1.54, 1.807) is 54.0 Å². The first-order valence-corrected chi connectivity index (χ1v) is 8.90. The van der Waals surface area contributed by atoms with Gasteiger partial charge in [-0.05, 0) is 30.3 Å². The molecular formula is C20H18ClN5O5. The van der Waals surface area contributed by atoms with Crippen LogP contribution in [0.1, 0.15) is 16.1 Å². The topological polar surface area (TPSA) is 149 Å². The van der Waals surface area contributed by atoms with Gasteiger partial charge in [0.05, 0.1) is 23.4 Å². The number of hydroxylamine groups is 1. The van der Waals surface area contributed by atoms with Crippen molar-refractivity contribution >= 4 is 35.7 Å². The number of nitrogens with two attached hydrogens (primary N) is 1. The van der Waals surface area contributed by atoms with Crippen molar-refractivity contribution in [1.29, 1.82) is 0 Å². The molecule has 3 aromatic rings. The molecule has 0 aliphatic carbocycles. The molecule has 10 nitrogen and oxygen atoms in total. The van der Waals surface area contributed by atoms with Gasteiger partial charge in [0, 0.05) is 11.6 Å². The SMILES string of the molecule is Cl.NC(=O)c1ccccc1Nc1cc(CC(=O)NO)nc(-c2ccc3c(c2)OCO3)n1. The van der Waals surface area contributed by atoms with Crippen molar-refractivity contribution in [3.63, 3.8) is 0 Å². The molecule has 0 radical (unpaired) electrons. The number of para-hydroxylation sites is 1. The number of aromatic nitrogens is 2. The van der Waals surface area contributed by atoms with Crippen molar-refractivity contribution in [3.8, 4) is 22.9 Å². The molecule has 0 saturated heterocycles. The van der Waals surface area contributed by atoms with Crippen LogP contribution in [0.2, 0.25) is 0 Å². The van der Waals surface area contributed by atoms with Crippen LogP contribution in [0.15, 0.2) is 48.5 Å². The Kier molecular flexibility index (Phi) is 6.53. The van der Waals surface area contributed by atoms with Gasteiger partial charge in [-0.25, -0.2) is 15.4 Å². The van der Waals surface area contributed by atoms with Crippen molar-refractivity contribution in [2.75, 3.05) is 12.1 Å². The summed E-state index contributed by atoms with van der Waals surface area (Å²) in [5, 5.41) is 11.9. The fourth-order valence-electron chi connectivity index (χ4n) is 2.97. The summed E-state index contributed by atoms with van der Waals surface area (Å²) in [5.74, 6) is 0.603. The molecule has 2 heterocycles. The zero-order chi connectivity index (χ0) is 21.1. The number of anilines is 2. The zero-order valence-electron chi connectivity index (χ0n) is 16.0. The third kappa shape index (κ3) is 4.82. The molecule has 4 rings (SSSR count). The Morgan fingerprint density at radius 1 is 1.06 bits per heavy atom. The molecule has 1 aliphatic rings. The minimum absolute atomic E-state index is 0. The number of nitrogens with one attached hydrogen (secondary N) is 2. The second-order valence-electron chi connectivity index (χ2n) is 6.38. The normalized spacial score (nSPS) is 11.4. The summed E-state index contributed by atoms with van der Waals surface area (Å²) in [6, 6.07) is 13.5. The van der Waals surface area contributed by atoms with E-state index in [2.05, 4.69) is 15.3 Å². The summed E-state index contributed by atoms with van der Waals surface area (Å²) in [5.41, 5.74) is 8.75. The lowest BCUT2D eigenvalue weighted by Gasteiger charge is -2.12. The van der Waals surface area contributed by atoms with Crippen LogP contribution in [0.5, 0.6) is 11.5 Å². The Morgan fingerprint density at radius 3 is 2.61 bits per heavy atom. The quantitative estimate of drug-likeness (QED) is 0.334. The van der Waals surface area contributed by atoms with Crippen molar-refractivity contribution < 1.29 is 24.3 Å². The van der Waals surface area contributed by atoms with Crippen LogP contribution in [-0.2, 0) is 11.2 Å². The fraction of sp³-hybridized carbons (Fsp3) is 0.100. The smallest absolute Gasteiger partial charge is 0.250 e. The van der Waals surface area contributed by atoms with Gasteiger partial charge in [-0.3, -0.25) is 14.8 Å². The van der Waals surface area contributed by atoms with Crippen LogP contribution in [0.3, 0.4) is 0 Å². The van der Waals surface area contributed by atoms with Crippen molar-refractivity contribution in [2.24, 2.45) is 5.73 Å². The van der Waals surface area contributed by atoms with Gasteiger partial charge >= 0.3 is 0 Å². The average molecular weight is 444 g/mol. The first-order chi connectivity index (χ1) is 14.5. The van der Waals surface area contributed by atoms with E-state index >= 15 is 0 Å².